The summed E-state index contributed by atoms with van der Waals surface area (Å²) in [5.41, 5.74) is 13.8. The summed E-state index contributed by atoms with van der Waals surface area (Å²) in [5.74, 6) is 0. The standard InChI is InChI=1S/3C31H30N3P.Ir/c3*1-33(2)25-12-16-27(17-13-25)35(28-18-14-26(15-19-28)34(3)4)29-10-7-9-24(22-29)31-30-11-6-5-8-23(30)20-21-32-31;/h3*5-22H,1-4H3;. The summed E-state index contributed by atoms with van der Waals surface area (Å²) in [6, 6.07) is 112. The molecule has 3 heterocycles. The molecule has 0 aliphatic rings. The predicted molar refractivity (Wildman–Crippen MR) is 464 cm³/mol. The maximum absolute atomic E-state index is 4.78. The normalized spacial score (nSPS) is 11.0. The van der Waals surface area contributed by atoms with Crippen molar-refractivity contribution in [3.63, 3.8) is 0 Å². The van der Waals surface area contributed by atoms with Gasteiger partial charge in [-0.25, -0.2) is 0 Å². The van der Waals surface area contributed by atoms with E-state index in [1.807, 2.05) is 18.6 Å². The zero-order valence-corrected chi connectivity index (χ0v) is 67.5. The first-order chi connectivity index (χ1) is 51.0. The van der Waals surface area contributed by atoms with Crippen molar-refractivity contribution in [3.05, 3.63) is 328 Å². The van der Waals surface area contributed by atoms with Crippen molar-refractivity contribution in [2.75, 3.05) is 114 Å². The largest absolute Gasteiger partial charge is 0.378 e. The van der Waals surface area contributed by atoms with Crippen LogP contribution < -0.4 is 77.1 Å². The van der Waals surface area contributed by atoms with Crippen molar-refractivity contribution >= 4 is 138 Å². The van der Waals surface area contributed by atoms with E-state index < -0.39 is 23.8 Å². The van der Waals surface area contributed by atoms with Crippen molar-refractivity contribution < 1.29 is 20.1 Å². The molecular formula is C93H90IrN9P3. The summed E-state index contributed by atoms with van der Waals surface area (Å²) >= 11 is 0. The molecule has 0 N–H and O–H groups in total. The van der Waals surface area contributed by atoms with Gasteiger partial charge in [0.25, 0.3) is 0 Å². The number of aromatic nitrogens is 3. The van der Waals surface area contributed by atoms with Crippen molar-refractivity contribution in [2.45, 2.75) is 0 Å². The average Bonchev–Trinajstić information content (AvgIpc) is 0.818. The van der Waals surface area contributed by atoms with Crippen LogP contribution in [0.2, 0.25) is 0 Å². The number of fused-ring (bicyclic) bond motifs is 3. The summed E-state index contributed by atoms with van der Waals surface area (Å²) in [6.45, 7) is 0. The zero-order valence-electron chi connectivity index (χ0n) is 62.4. The zero-order chi connectivity index (χ0) is 73.1. The Morgan fingerprint density at radius 3 is 0.594 bits per heavy atom. The Bertz CT molecular complexity index is 4700. The molecule has 0 amide bonds. The number of pyridine rings is 3. The second-order valence-corrected chi connectivity index (χ2v) is 33.9. The van der Waals surface area contributed by atoms with Gasteiger partial charge in [-0.15, -0.1) is 0 Å². The number of anilines is 6. The van der Waals surface area contributed by atoms with Crippen LogP contribution in [0.5, 0.6) is 0 Å². The minimum Gasteiger partial charge on any atom is -0.378 e. The molecule has 0 fully saturated rings. The Labute approximate surface area is 644 Å². The van der Waals surface area contributed by atoms with Gasteiger partial charge in [-0.05, 0) is 197 Å². The van der Waals surface area contributed by atoms with Crippen LogP contribution in [0.3, 0.4) is 0 Å². The van der Waals surface area contributed by atoms with E-state index in [0.717, 1.165) is 33.8 Å². The smallest absolute Gasteiger partial charge is 0.0780 e. The molecule has 0 atom stereocenters. The van der Waals surface area contributed by atoms with Crippen molar-refractivity contribution in [3.8, 4) is 33.8 Å². The van der Waals surface area contributed by atoms with Crippen LogP contribution in [-0.2, 0) is 20.1 Å². The van der Waals surface area contributed by atoms with Gasteiger partial charge in [0.15, 0.2) is 0 Å². The SMILES string of the molecule is CN(C)c1ccc(P(c2ccc(N(C)C)cc2)c2cccc(-c3nccc4ccccc34)c2)cc1.CN(C)c1ccc(P(c2ccc(N(C)C)cc2)c2cccc(-c3nccc4ccccc34)c2)cc1.CN(C)c1ccc(P(c2ccc(N(C)C)cc2)c2cccc(-c3nccc4ccccc34)c2)cc1.[Ir]. The molecule has 13 heteroatoms. The van der Waals surface area contributed by atoms with Gasteiger partial charge in [0, 0.05) is 190 Å². The summed E-state index contributed by atoms with van der Waals surface area (Å²) in [5, 5.41) is 19.2. The van der Waals surface area contributed by atoms with E-state index in [2.05, 4.69) is 423 Å². The van der Waals surface area contributed by atoms with Crippen LogP contribution in [0, 0.1) is 0 Å². The maximum Gasteiger partial charge on any atom is 0.0780 e. The first-order valence-corrected chi connectivity index (χ1v) is 39.4. The van der Waals surface area contributed by atoms with Gasteiger partial charge in [-0.2, -0.15) is 0 Å². The Morgan fingerprint density at radius 1 is 0.198 bits per heavy atom. The van der Waals surface area contributed by atoms with Crippen molar-refractivity contribution in [1.29, 1.82) is 0 Å². The van der Waals surface area contributed by atoms with E-state index in [1.165, 1.54) is 114 Å². The first kappa shape index (κ1) is 75.3. The number of benzene rings is 12. The molecule has 0 saturated heterocycles. The van der Waals surface area contributed by atoms with Crippen LogP contribution in [-0.4, -0.2) is 99.5 Å². The quantitative estimate of drug-likeness (QED) is 0.0782. The number of hydrogen-bond donors (Lipinski definition) is 0. The molecule has 1 radical (unpaired) electrons. The van der Waals surface area contributed by atoms with E-state index in [9.17, 15) is 0 Å². The molecule has 15 aromatic rings. The Kier molecular flexibility index (Phi) is 24.6. The third-order valence-electron chi connectivity index (χ3n) is 18.9. The van der Waals surface area contributed by atoms with E-state index in [-0.39, 0.29) is 20.1 Å². The Balaban J connectivity index is 0.000000148. The van der Waals surface area contributed by atoms with Gasteiger partial charge >= 0.3 is 0 Å². The van der Waals surface area contributed by atoms with Gasteiger partial charge in [0.05, 0.1) is 17.1 Å². The molecule has 531 valence electrons. The van der Waals surface area contributed by atoms with Gasteiger partial charge in [-0.1, -0.05) is 200 Å². The second kappa shape index (κ2) is 34.7. The molecule has 3 aromatic heterocycles. The van der Waals surface area contributed by atoms with E-state index in [1.54, 1.807) is 0 Å². The molecule has 15 rings (SSSR count). The fourth-order valence-corrected chi connectivity index (χ4v) is 20.0. The number of rotatable bonds is 18. The minimum atomic E-state index is -0.724. The fourth-order valence-electron chi connectivity index (χ4n) is 13.2. The molecule has 0 saturated carbocycles. The molecule has 0 unspecified atom stereocenters. The molecule has 12 aromatic carbocycles. The van der Waals surface area contributed by atoms with Gasteiger partial charge in [0.1, 0.15) is 0 Å². The predicted octanol–water partition coefficient (Wildman–Crippen LogP) is 17.4. The third-order valence-corrected chi connectivity index (χ3v) is 26.2. The maximum atomic E-state index is 4.78. The Morgan fingerprint density at radius 2 is 0.396 bits per heavy atom. The summed E-state index contributed by atoms with van der Waals surface area (Å²) in [7, 11) is 22.8. The van der Waals surface area contributed by atoms with E-state index in [0.29, 0.717) is 0 Å². The minimum absolute atomic E-state index is 0. The molecule has 9 nitrogen and oxygen atoms in total. The monoisotopic (exact) mass is 1620 g/mol. The Hall–Kier alpha value is -10.4. The van der Waals surface area contributed by atoms with E-state index in [4.69, 9.17) is 15.0 Å². The second-order valence-electron chi connectivity index (χ2n) is 27.3. The van der Waals surface area contributed by atoms with Crippen LogP contribution in [0.25, 0.3) is 66.1 Å². The summed E-state index contributed by atoms with van der Waals surface area (Å²) < 4.78 is 0. The van der Waals surface area contributed by atoms with Gasteiger partial charge in [-0.3, -0.25) is 15.0 Å². The van der Waals surface area contributed by atoms with Crippen LogP contribution in [0.4, 0.5) is 34.1 Å². The summed E-state index contributed by atoms with van der Waals surface area (Å²) in [6.07, 6.45) is 5.73. The molecule has 106 heavy (non-hydrogen) atoms. The van der Waals surface area contributed by atoms with Gasteiger partial charge in [0.2, 0.25) is 0 Å². The topological polar surface area (TPSA) is 58.1 Å². The molecule has 0 aliphatic carbocycles. The molecule has 0 aliphatic heterocycles. The van der Waals surface area contributed by atoms with Crippen LogP contribution in [0.1, 0.15) is 0 Å². The number of nitrogens with zero attached hydrogens (tertiary/aromatic N) is 9. The van der Waals surface area contributed by atoms with E-state index >= 15 is 0 Å². The average molecular weight is 1620 g/mol. The van der Waals surface area contributed by atoms with Crippen molar-refractivity contribution in [1.82, 2.24) is 15.0 Å². The van der Waals surface area contributed by atoms with Gasteiger partial charge < -0.3 is 29.4 Å². The van der Waals surface area contributed by atoms with Crippen LogP contribution >= 0.6 is 23.8 Å². The fraction of sp³-hybridized carbons (Fsp3) is 0.129. The van der Waals surface area contributed by atoms with Crippen LogP contribution in [0.15, 0.2) is 328 Å². The number of hydrogen-bond acceptors (Lipinski definition) is 9. The molecule has 0 spiro atoms. The van der Waals surface area contributed by atoms with Crippen molar-refractivity contribution in [2.24, 2.45) is 0 Å². The first-order valence-electron chi connectivity index (χ1n) is 35.4. The summed E-state index contributed by atoms with van der Waals surface area (Å²) in [4.78, 5) is 27.2. The third kappa shape index (κ3) is 17.4. The molecule has 0 bridgehead atoms. The molecular weight excluding hydrogens is 1530 g/mol.